The Bertz CT molecular complexity index is 564. The molecule has 1 amide bonds. The molecule has 0 bridgehead atoms. The Hall–Kier alpha value is -2.01. The lowest BCUT2D eigenvalue weighted by atomic mass is 10.2. The maximum Gasteiger partial charge on any atom is 0.258 e. The Labute approximate surface area is 122 Å². The lowest BCUT2D eigenvalue weighted by Crippen LogP contribution is -2.28. The Kier molecular flexibility index (Phi) is 5.01. The quantitative estimate of drug-likeness (QED) is 0.804. The van der Waals surface area contributed by atoms with Crippen LogP contribution in [0.4, 0.5) is 5.69 Å². The molecular formula is C15H18N2O2S. The molecular weight excluding hydrogens is 272 g/mol. The zero-order valence-electron chi connectivity index (χ0n) is 11.4. The molecule has 0 aliphatic carbocycles. The highest BCUT2D eigenvalue weighted by Crippen LogP contribution is 2.17. The van der Waals surface area contributed by atoms with E-state index in [9.17, 15) is 4.79 Å². The van der Waals surface area contributed by atoms with Gasteiger partial charge in [0.25, 0.3) is 5.91 Å². The highest BCUT2D eigenvalue weighted by atomic mass is 32.1. The van der Waals surface area contributed by atoms with Crippen LogP contribution in [0.15, 0.2) is 35.7 Å². The minimum atomic E-state index is -0.128. The van der Waals surface area contributed by atoms with Gasteiger partial charge in [-0.25, -0.2) is 0 Å². The lowest BCUT2D eigenvalue weighted by molar-refractivity contribution is -0.123. The Balaban J connectivity index is 1.77. The summed E-state index contributed by atoms with van der Waals surface area (Å²) in [5, 5.41) is 4.91. The van der Waals surface area contributed by atoms with Crippen LogP contribution in [-0.4, -0.2) is 12.5 Å². The van der Waals surface area contributed by atoms with Crippen molar-refractivity contribution in [2.24, 2.45) is 0 Å². The number of nitrogen functional groups attached to an aromatic ring is 1. The molecule has 106 valence electrons. The van der Waals surface area contributed by atoms with E-state index in [1.807, 2.05) is 5.38 Å². The summed E-state index contributed by atoms with van der Waals surface area (Å²) >= 11 is 1.66. The van der Waals surface area contributed by atoms with Crippen LogP contribution in [0.25, 0.3) is 0 Å². The van der Waals surface area contributed by atoms with E-state index in [4.69, 9.17) is 10.5 Å². The number of rotatable bonds is 6. The summed E-state index contributed by atoms with van der Waals surface area (Å²) in [5.41, 5.74) is 7.54. The van der Waals surface area contributed by atoms with Crippen molar-refractivity contribution < 1.29 is 9.53 Å². The summed E-state index contributed by atoms with van der Waals surface area (Å²) < 4.78 is 5.39. The number of benzene rings is 1. The average Bonchev–Trinajstić information content (AvgIpc) is 2.92. The third-order valence-electron chi connectivity index (χ3n) is 2.91. The molecule has 1 aromatic heterocycles. The second-order valence-corrected chi connectivity index (χ2v) is 5.36. The Morgan fingerprint density at radius 3 is 2.75 bits per heavy atom. The molecule has 0 fully saturated rings. The number of amides is 1. The zero-order chi connectivity index (χ0) is 14.4. The van der Waals surface area contributed by atoms with Gasteiger partial charge in [0.15, 0.2) is 6.61 Å². The fourth-order valence-corrected chi connectivity index (χ4v) is 2.70. The summed E-state index contributed by atoms with van der Waals surface area (Å²) in [6.45, 7) is 2.68. The first kappa shape index (κ1) is 14.4. The van der Waals surface area contributed by atoms with Gasteiger partial charge in [-0.3, -0.25) is 4.79 Å². The van der Waals surface area contributed by atoms with Crippen LogP contribution in [0, 0.1) is 0 Å². The van der Waals surface area contributed by atoms with Crippen molar-refractivity contribution in [1.82, 2.24) is 5.32 Å². The van der Waals surface area contributed by atoms with Crippen molar-refractivity contribution in [2.45, 2.75) is 19.9 Å². The van der Waals surface area contributed by atoms with Gasteiger partial charge in [0.2, 0.25) is 0 Å². The predicted molar refractivity (Wildman–Crippen MR) is 81.9 cm³/mol. The molecule has 20 heavy (non-hydrogen) atoms. The molecule has 0 aliphatic rings. The Morgan fingerprint density at radius 2 is 2.05 bits per heavy atom. The van der Waals surface area contributed by atoms with Crippen LogP contribution in [0.5, 0.6) is 5.75 Å². The largest absolute Gasteiger partial charge is 0.484 e. The number of carbonyl (C=O) groups excluding carboxylic acids is 1. The van der Waals surface area contributed by atoms with E-state index in [1.54, 1.807) is 35.6 Å². The third kappa shape index (κ3) is 3.99. The number of carbonyl (C=O) groups is 1. The number of hydrogen-bond donors (Lipinski definition) is 2. The van der Waals surface area contributed by atoms with Gasteiger partial charge in [0, 0.05) is 10.6 Å². The molecule has 0 saturated heterocycles. The molecule has 1 heterocycles. The summed E-state index contributed by atoms with van der Waals surface area (Å²) in [6, 6.07) is 9.07. The first-order valence-corrected chi connectivity index (χ1v) is 7.37. The fraction of sp³-hybridized carbons (Fsp3) is 0.267. The number of nitrogens with one attached hydrogen (secondary N) is 1. The van der Waals surface area contributed by atoms with Gasteiger partial charge in [0.05, 0.1) is 6.54 Å². The molecule has 2 aromatic rings. The maximum absolute atomic E-state index is 11.7. The van der Waals surface area contributed by atoms with Gasteiger partial charge < -0.3 is 15.8 Å². The van der Waals surface area contributed by atoms with E-state index < -0.39 is 0 Å². The van der Waals surface area contributed by atoms with Crippen molar-refractivity contribution in [1.29, 1.82) is 0 Å². The van der Waals surface area contributed by atoms with Gasteiger partial charge in [0.1, 0.15) is 5.75 Å². The lowest BCUT2D eigenvalue weighted by Gasteiger charge is -2.08. The summed E-state index contributed by atoms with van der Waals surface area (Å²) in [5.74, 6) is 0.511. The van der Waals surface area contributed by atoms with E-state index in [0.717, 1.165) is 6.42 Å². The number of ether oxygens (including phenoxy) is 1. The molecule has 3 N–H and O–H groups in total. The smallest absolute Gasteiger partial charge is 0.258 e. The highest BCUT2D eigenvalue weighted by Gasteiger charge is 2.06. The van der Waals surface area contributed by atoms with E-state index in [0.29, 0.717) is 18.0 Å². The number of hydrogen-bond acceptors (Lipinski definition) is 4. The van der Waals surface area contributed by atoms with E-state index in [1.165, 1.54) is 10.4 Å². The first-order valence-electron chi connectivity index (χ1n) is 6.49. The maximum atomic E-state index is 11.7. The summed E-state index contributed by atoms with van der Waals surface area (Å²) in [7, 11) is 0. The van der Waals surface area contributed by atoms with Crippen molar-refractivity contribution in [3.63, 3.8) is 0 Å². The number of anilines is 1. The minimum Gasteiger partial charge on any atom is -0.484 e. The van der Waals surface area contributed by atoms with Crippen LogP contribution >= 0.6 is 11.3 Å². The van der Waals surface area contributed by atoms with E-state index in [2.05, 4.69) is 18.3 Å². The van der Waals surface area contributed by atoms with Crippen molar-refractivity contribution in [3.05, 3.63) is 46.2 Å². The molecule has 1 aromatic carbocycles. The molecule has 4 nitrogen and oxygen atoms in total. The normalized spacial score (nSPS) is 10.2. The predicted octanol–water partition coefficient (Wildman–Crippen LogP) is 2.59. The Morgan fingerprint density at radius 1 is 1.30 bits per heavy atom. The average molecular weight is 290 g/mol. The van der Waals surface area contributed by atoms with Gasteiger partial charge in [-0.1, -0.05) is 6.92 Å². The van der Waals surface area contributed by atoms with Gasteiger partial charge in [-0.15, -0.1) is 11.3 Å². The standard InChI is InChI=1S/C15H18N2O2S/c1-2-11-7-8-20-14(11)9-17-15(18)10-19-13-5-3-12(16)4-6-13/h3-8H,2,9-10,16H2,1H3,(H,17,18). The molecule has 0 spiro atoms. The third-order valence-corrected chi connectivity index (χ3v) is 3.88. The van der Waals surface area contributed by atoms with E-state index >= 15 is 0 Å². The van der Waals surface area contributed by atoms with E-state index in [-0.39, 0.29) is 12.5 Å². The molecule has 0 aliphatic heterocycles. The molecule has 2 rings (SSSR count). The van der Waals surface area contributed by atoms with Gasteiger partial charge in [-0.2, -0.15) is 0 Å². The molecule has 0 atom stereocenters. The minimum absolute atomic E-state index is 0.0107. The first-order chi connectivity index (χ1) is 9.69. The van der Waals surface area contributed by atoms with Crippen LogP contribution in [0.2, 0.25) is 0 Å². The van der Waals surface area contributed by atoms with Crippen molar-refractivity contribution in [3.8, 4) is 5.75 Å². The van der Waals surface area contributed by atoms with Gasteiger partial charge in [-0.05, 0) is 47.7 Å². The fourth-order valence-electron chi connectivity index (χ4n) is 1.78. The monoisotopic (exact) mass is 290 g/mol. The summed E-state index contributed by atoms with van der Waals surface area (Å²) in [6.07, 6.45) is 0.983. The number of nitrogens with two attached hydrogens (primary N) is 1. The summed E-state index contributed by atoms with van der Waals surface area (Å²) in [4.78, 5) is 12.9. The van der Waals surface area contributed by atoms with Crippen LogP contribution in [0.1, 0.15) is 17.4 Å². The van der Waals surface area contributed by atoms with Crippen molar-refractivity contribution in [2.75, 3.05) is 12.3 Å². The number of aryl methyl sites for hydroxylation is 1. The van der Waals surface area contributed by atoms with Crippen LogP contribution in [-0.2, 0) is 17.8 Å². The second-order valence-electron chi connectivity index (χ2n) is 4.36. The van der Waals surface area contributed by atoms with Crippen LogP contribution in [0.3, 0.4) is 0 Å². The molecule has 5 heteroatoms. The molecule has 0 unspecified atom stereocenters. The SMILES string of the molecule is CCc1ccsc1CNC(=O)COc1ccc(N)cc1. The highest BCUT2D eigenvalue weighted by molar-refractivity contribution is 7.10. The van der Waals surface area contributed by atoms with Crippen molar-refractivity contribution >= 4 is 22.9 Å². The zero-order valence-corrected chi connectivity index (χ0v) is 12.2. The number of thiophene rings is 1. The molecule has 0 saturated carbocycles. The topological polar surface area (TPSA) is 64.3 Å². The van der Waals surface area contributed by atoms with Gasteiger partial charge >= 0.3 is 0 Å². The van der Waals surface area contributed by atoms with Crippen LogP contribution < -0.4 is 15.8 Å². The molecule has 0 radical (unpaired) electrons. The second kappa shape index (κ2) is 6.96.